The van der Waals surface area contributed by atoms with Crippen LogP contribution in [0.5, 0.6) is 11.5 Å². The van der Waals surface area contributed by atoms with E-state index in [-0.39, 0.29) is 16.7 Å². The number of carbonyl (C=O) groups excluding carboxylic acids is 1. The standard InChI is InChI=1S/C17H21BNO3/c1-19-9-8-16(7-6-12(20)15-17(16,19)18-15)11-4-5-13(21-2)14(10-11)22-3/h4-5,10,15H,6-9H2,1-3H3. The largest absolute Gasteiger partial charge is 0.493 e. The highest BCUT2D eigenvalue weighted by atomic mass is 16.5. The summed E-state index contributed by atoms with van der Waals surface area (Å²) in [4.78, 5) is 14.6. The molecule has 0 aromatic heterocycles. The van der Waals surface area contributed by atoms with Crippen molar-refractivity contribution < 1.29 is 14.3 Å². The molecule has 0 N–H and O–H groups in total. The average Bonchev–Trinajstić information content (AvgIpc) is 3.25. The van der Waals surface area contributed by atoms with E-state index in [2.05, 4.69) is 31.4 Å². The van der Waals surface area contributed by atoms with Gasteiger partial charge in [0, 0.05) is 23.1 Å². The molecule has 1 aromatic rings. The molecule has 2 aliphatic heterocycles. The number of methoxy groups -OCH3 is 2. The predicted molar refractivity (Wildman–Crippen MR) is 84.9 cm³/mol. The zero-order chi connectivity index (χ0) is 15.5. The molecule has 4 nitrogen and oxygen atoms in total. The van der Waals surface area contributed by atoms with E-state index < -0.39 is 0 Å². The number of benzene rings is 1. The number of likely N-dealkylation sites (N-methyl/N-ethyl adjacent to an activating group) is 1. The molecule has 0 bridgehead atoms. The molecule has 3 unspecified atom stereocenters. The van der Waals surface area contributed by atoms with Crippen LogP contribution in [0.25, 0.3) is 0 Å². The molecule has 3 aliphatic rings. The second-order valence-electron chi connectivity index (χ2n) is 6.76. The van der Waals surface area contributed by atoms with Crippen molar-refractivity contribution in [2.24, 2.45) is 0 Å². The molecule has 1 spiro atoms. The lowest BCUT2D eigenvalue weighted by atomic mass is 9.62. The SMILES string of the molecule is COc1ccc(C23CCC(=O)C4[B]C42N(C)CC3)cc1OC. The fourth-order valence-corrected chi connectivity index (χ4v) is 4.95. The van der Waals surface area contributed by atoms with Gasteiger partial charge in [0.1, 0.15) is 5.78 Å². The van der Waals surface area contributed by atoms with Crippen molar-refractivity contribution in [3.63, 3.8) is 0 Å². The summed E-state index contributed by atoms with van der Waals surface area (Å²) in [6, 6.07) is 6.25. The van der Waals surface area contributed by atoms with E-state index in [9.17, 15) is 4.79 Å². The summed E-state index contributed by atoms with van der Waals surface area (Å²) in [7, 11) is 7.75. The van der Waals surface area contributed by atoms with Crippen LogP contribution in [-0.2, 0) is 10.2 Å². The first-order chi connectivity index (χ1) is 10.6. The van der Waals surface area contributed by atoms with Gasteiger partial charge in [-0.3, -0.25) is 0 Å². The minimum absolute atomic E-state index is 0.0415. The summed E-state index contributed by atoms with van der Waals surface area (Å²) >= 11 is 0. The van der Waals surface area contributed by atoms with Gasteiger partial charge in [0.2, 0.25) is 0 Å². The minimum Gasteiger partial charge on any atom is -0.493 e. The fourth-order valence-electron chi connectivity index (χ4n) is 4.95. The summed E-state index contributed by atoms with van der Waals surface area (Å²) in [5.74, 6) is 2.05. The molecule has 115 valence electrons. The highest BCUT2D eigenvalue weighted by molar-refractivity contribution is 6.65. The van der Waals surface area contributed by atoms with Gasteiger partial charge in [-0.2, -0.15) is 0 Å². The minimum atomic E-state index is -0.0675. The third-order valence-electron chi connectivity index (χ3n) is 6.14. The topological polar surface area (TPSA) is 38.8 Å². The van der Waals surface area contributed by atoms with Crippen LogP contribution in [0.2, 0.25) is 5.82 Å². The van der Waals surface area contributed by atoms with Crippen LogP contribution in [0.4, 0.5) is 0 Å². The number of Topliss-reactive ketones (excluding diaryl/α,β-unsaturated/α-hetero) is 1. The Hall–Kier alpha value is -1.49. The molecule has 2 heterocycles. The maximum atomic E-state index is 12.2. The Morgan fingerprint density at radius 1 is 1.23 bits per heavy atom. The Morgan fingerprint density at radius 2 is 2.00 bits per heavy atom. The van der Waals surface area contributed by atoms with Crippen LogP contribution in [0, 0.1) is 0 Å². The Labute approximate surface area is 132 Å². The first kappa shape index (κ1) is 14.1. The van der Waals surface area contributed by atoms with Gasteiger partial charge in [0.25, 0.3) is 0 Å². The molecule has 0 amide bonds. The first-order valence-electron chi connectivity index (χ1n) is 7.91. The molecule has 1 radical (unpaired) electrons. The quantitative estimate of drug-likeness (QED) is 0.798. The van der Waals surface area contributed by atoms with E-state index in [4.69, 9.17) is 9.47 Å². The van der Waals surface area contributed by atoms with Gasteiger partial charge in [-0.1, -0.05) is 6.07 Å². The zero-order valence-electron chi connectivity index (χ0n) is 13.4. The summed E-state index contributed by atoms with van der Waals surface area (Å²) in [6.07, 6.45) is 2.71. The van der Waals surface area contributed by atoms with Crippen LogP contribution in [0.15, 0.2) is 18.2 Å². The van der Waals surface area contributed by atoms with Crippen molar-refractivity contribution in [1.29, 1.82) is 0 Å². The normalized spacial score (nSPS) is 36.3. The number of ketones is 1. The second-order valence-corrected chi connectivity index (χ2v) is 6.76. The molecule has 1 saturated carbocycles. The average molecular weight is 298 g/mol. The van der Waals surface area contributed by atoms with Crippen LogP contribution in [0.3, 0.4) is 0 Å². The number of nitrogens with zero attached hydrogens (tertiary/aromatic N) is 1. The van der Waals surface area contributed by atoms with Crippen molar-refractivity contribution in [2.75, 3.05) is 27.8 Å². The highest BCUT2D eigenvalue weighted by Gasteiger charge is 2.75. The molecule has 1 aromatic carbocycles. The molecule has 1 aliphatic carbocycles. The van der Waals surface area contributed by atoms with Crippen LogP contribution < -0.4 is 9.47 Å². The van der Waals surface area contributed by atoms with Gasteiger partial charge in [0.05, 0.1) is 14.2 Å². The Morgan fingerprint density at radius 3 is 2.73 bits per heavy atom. The third-order valence-corrected chi connectivity index (χ3v) is 6.14. The first-order valence-corrected chi connectivity index (χ1v) is 7.91. The number of carbonyl (C=O) groups is 1. The predicted octanol–water partition coefficient (Wildman–Crippen LogP) is 1.84. The molecular weight excluding hydrogens is 277 g/mol. The molecule has 3 fully saturated rings. The van der Waals surface area contributed by atoms with Gasteiger partial charge in [-0.05, 0) is 44.1 Å². The van der Waals surface area contributed by atoms with Gasteiger partial charge in [0.15, 0.2) is 18.8 Å². The number of rotatable bonds is 3. The molecule has 2 saturated heterocycles. The molecule has 4 rings (SSSR count). The van der Waals surface area contributed by atoms with Crippen molar-refractivity contribution >= 4 is 13.1 Å². The van der Waals surface area contributed by atoms with E-state index in [1.165, 1.54) is 5.56 Å². The molecule has 22 heavy (non-hydrogen) atoms. The number of hydrogen-bond acceptors (Lipinski definition) is 4. The van der Waals surface area contributed by atoms with Crippen molar-refractivity contribution in [2.45, 2.75) is 35.9 Å². The van der Waals surface area contributed by atoms with Crippen LogP contribution in [-0.4, -0.2) is 51.2 Å². The highest BCUT2D eigenvalue weighted by Crippen LogP contribution is 2.67. The summed E-state index contributed by atoms with van der Waals surface area (Å²) in [6.45, 7) is 1.04. The van der Waals surface area contributed by atoms with Crippen LogP contribution in [0.1, 0.15) is 24.8 Å². The monoisotopic (exact) mass is 298 g/mol. The molecule has 3 atom stereocenters. The maximum Gasteiger partial charge on any atom is 0.161 e. The Balaban J connectivity index is 1.83. The van der Waals surface area contributed by atoms with Crippen molar-refractivity contribution in [1.82, 2.24) is 4.90 Å². The van der Waals surface area contributed by atoms with Crippen LogP contribution >= 0.6 is 0 Å². The van der Waals surface area contributed by atoms with E-state index in [0.717, 1.165) is 30.9 Å². The van der Waals surface area contributed by atoms with Gasteiger partial charge in [-0.15, -0.1) is 0 Å². The summed E-state index contributed by atoms with van der Waals surface area (Å²) in [5, 5.41) is 0. The summed E-state index contributed by atoms with van der Waals surface area (Å²) in [5.41, 5.74) is 1.25. The van der Waals surface area contributed by atoms with Gasteiger partial charge >= 0.3 is 0 Å². The van der Waals surface area contributed by atoms with E-state index in [1.54, 1.807) is 14.2 Å². The number of hydrogen-bond donors (Lipinski definition) is 0. The van der Waals surface area contributed by atoms with Crippen molar-refractivity contribution in [3.8, 4) is 11.5 Å². The Kier molecular flexibility index (Phi) is 2.90. The second kappa shape index (κ2) is 4.51. The smallest absolute Gasteiger partial charge is 0.161 e. The van der Waals surface area contributed by atoms with E-state index in [1.807, 2.05) is 6.07 Å². The number of ether oxygens (including phenoxy) is 2. The van der Waals surface area contributed by atoms with Gasteiger partial charge < -0.3 is 19.2 Å². The van der Waals surface area contributed by atoms with E-state index in [0.29, 0.717) is 12.2 Å². The van der Waals surface area contributed by atoms with Crippen molar-refractivity contribution in [3.05, 3.63) is 23.8 Å². The third kappa shape index (κ3) is 1.50. The lowest BCUT2D eigenvalue weighted by molar-refractivity contribution is -0.121. The molecular formula is C17H21BNO3. The zero-order valence-corrected chi connectivity index (χ0v) is 13.4. The van der Waals surface area contributed by atoms with Gasteiger partial charge in [-0.25, -0.2) is 0 Å². The maximum absolute atomic E-state index is 12.2. The fraction of sp³-hybridized carbons (Fsp3) is 0.588. The lowest BCUT2D eigenvalue weighted by Crippen LogP contribution is -2.49. The number of likely N-dealkylation sites (tertiary alicyclic amines) is 1. The van der Waals surface area contributed by atoms with E-state index >= 15 is 0 Å². The lowest BCUT2D eigenvalue weighted by Gasteiger charge is -2.43. The summed E-state index contributed by atoms with van der Waals surface area (Å²) < 4.78 is 10.9. The Bertz CT molecular complexity index is 649. The molecule has 5 heteroatoms.